The Kier molecular flexibility index (Phi) is 6.82. The summed E-state index contributed by atoms with van der Waals surface area (Å²) in [6, 6.07) is 15.8. The van der Waals surface area contributed by atoms with Crippen LogP contribution >= 0.6 is 11.6 Å². The van der Waals surface area contributed by atoms with Gasteiger partial charge in [-0.25, -0.2) is 0 Å². The molecule has 0 aliphatic heterocycles. The van der Waals surface area contributed by atoms with Gasteiger partial charge in [0.2, 0.25) is 0 Å². The fraction of sp³-hybridized carbons (Fsp3) is 0.417. The summed E-state index contributed by atoms with van der Waals surface area (Å²) in [6.45, 7) is 0.844. The van der Waals surface area contributed by atoms with Gasteiger partial charge >= 0.3 is 0 Å². The fourth-order valence-corrected chi connectivity index (χ4v) is 4.46. The van der Waals surface area contributed by atoms with Crippen LogP contribution in [0.4, 0.5) is 0 Å². The fourth-order valence-electron chi connectivity index (χ4n) is 4.26. The Morgan fingerprint density at radius 2 is 2.00 bits per heavy atom. The minimum atomic E-state index is -0.920. The Balaban J connectivity index is 2.02. The maximum Gasteiger partial charge on any atom is 0.119 e. The number of aliphatic hydroxyl groups is 1. The van der Waals surface area contributed by atoms with Gasteiger partial charge in [0.25, 0.3) is 0 Å². The first-order valence-corrected chi connectivity index (χ1v) is 10.3. The second kappa shape index (κ2) is 9.13. The molecule has 3 nitrogen and oxygen atoms in total. The van der Waals surface area contributed by atoms with Crippen LogP contribution in [0.1, 0.15) is 30.4 Å². The number of methoxy groups -OCH3 is 1. The van der Waals surface area contributed by atoms with Crippen molar-refractivity contribution in [3.05, 3.63) is 70.3 Å². The van der Waals surface area contributed by atoms with Crippen LogP contribution < -0.4 is 4.74 Å². The molecule has 1 N–H and O–H groups in total. The minimum absolute atomic E-state index is 0.157. The first kappa shape index (κ1) is 20.9. The number of benzene rings is 2. The first-order valence-electron chi connectivity index (χ1n) is 9.88. The summed E-state index contributed by atoms with van der Waals surface area (Å²) in [5.41, 5.74) is 2.21. The van der Waals surface area contributed by atoms with E-state index in [4.69, 9.17) is 16.3 Å². The van der Waals surface area contributed by atoms with Gasteiger partial charge in [-0.05, 0) is 68.3 Å². The van der Waals surface area contributed by atoms with Crippen molar-refractivity contribution >= 4 is 17.7 Å². The van der Waals surface area contributed by atoms with Crippen LogP contribution in [-0.2, 0) is 6.42 Å². The average molecular weight is 400 g/mol. The molecule has 2 unspecified atom stereocenters. The molecule has 28 heavy (non-hydrogen) atoms. The number of halogens is 1. The molecule has 3 rings (SSSR count). The van der Waals surface area contributed by atoms with Crippen molar-refractivity contribution in [1.82, 2.24) is 4.90 Å². The van der Waals surface area contributed by atoms with Crippen molar-refractivity contribution in [2.45, 2.75) is 31.3 Å². The largest absolute Gasteiger partial charge is 0.497 e. The highest BCUT2D eigenvalue weighted by Crippen LogP contribution is 2.42. The van der Waals surface area contributed by atoms with Crippen LogP contribution in [0.3, 0.4) is 0 Å². The van der Waals surface area contributed by atoms with Crippen molar-refractivity contribution in [3.8, 4) is 5.75 Å². The monoisotopic (exact) mass is 399 g/mol. The third kappa shape index (κ3) is 4.78. The molecule has 1 aliphatic carbocycles. The van der Waals surface area contributed by atoms with E-state index in [2.05, 4.69) is 31.1 Å². The lowest BCUT2D eigenvalue weighted by molar-refractivity contribution is -0.0123. The van der Waals surface area contributed by atoms with Crippen LogP contribution in [0.15, 0.2) is 54.1 Å². The molecule has 4 heteroatoms. The minimum Gasteiger partial charge on any atom is -0.497 e. The molecular formula is C24H30ClNO2. The van der Waals surface area contributed by atoms with Crippen molar-refractivity contribution < 1.29 is 9.84 Å². The number of hydrogen-bond donors (Lipinski definition) is 1. The predicted octanol–water partition coefficient (Wildman–Crippen LogP) is 5.07. The standard InChI is InChI=1S/C24H30ClNO2/c1-26(2)17-21-11-7-10-20(14-18-8-6-12-22(15-18)28-3)24(21,27)16-19-9-4-5-13-23(19)25/h4-6,8-9,12-15,21,27H,7,10-11,16-17H2,1-3H3. The Bertz CT molecular complexity index is 833. The van der Waals surface area contributed by atoms with E-state index in [0.717, 1.165) is 48.3 Å². The molecular weight excluding hydrogens is 370 g/mol. The van der Waals surface area contributed by atoms with Gasteiger partial charge < -0.3 is 14.7 Å². The van der Waals surface area contributed by atoms with E-state index < -0.39 is 5.60 Å². The molecule has 2 atom stereocenters. The second-order valence-electron chi connectivity index (χ2n) is 7.99. The summed E-state index contributed by atoms with van der Waals surface area (Å²) in [4.78, 5) is 2.16. The number of nitrogens with zero attached hydrogens (tertiary/aromatic N) is 1. The van der Waals surface area contributed by atoms with E-state index in [-0.39, 0.29) is 5.92 Å². The van der Waals surface area contributed by atoms with E-state index in [1.807, 2.05) is 42.5 Å². The molecule has 0 spiro atoms. The lowest BCUT2D eigenvalue weighted by Gasteiger charge is -2.44. The molecule has 1 fully saturated rings. The third-order valence-corrected chi connectivity index (χ3v) is 6.04. The molecule has 0 saturated heterocycles. The average Bonchev–Trinajstić information content (AvgIpc) is 2.67. The van der Waals surface area contributed by atoms with Crippen LogP contribution in [0.25, 0.3) is 6.08 Å². The molecule has 2 aromatic rings. The second-order valence-corrected chi connectivity index (χ2v) is 8.40. The summed E-state index contributed by atoms with van der Waals surface area (Å²) in [7, 11) is 5.81. The van der Waals surface area contributed by atoms with Crippen LogP contribution in [0.5, 0.6) is 5.75 Å². The van der Waals surface area contributed by atoms with Crippen LogP contribution in [0, 0.1) is 5.92 Å². The maximum atomic E-state index is 12.0. The summed E-state index contributed by atoms with van der Waals surface area (Å²) in [5, 5.41) is 12.7. The van der Waals surface area contributed by atoms with Gasteiger partial charge in [-0.2, -0.15) is 0 Å². The third-order valence-electron chi connectivity index (χ3n) is 5.67. The Hall–Kier alpha value is -1.81. The van der Waals surface area contributed by atoms with Crippen molar-refractivity contribution in [2.24, 2.45) is 5.92 Å². The number of rotatable bonds is 6. The lowest BCUT2D eigenvalue weighted by Crippen LogP contribution is -2.48. The van der Waals surface area contributed by atoms with Gasteiger partial charge in [0.05, 0.1) is 12.7 Å². The van der Waals surface area contributed by atoms with Gasteiger partial charge in [-0.15, -0.1) is 0 Å². The first-order chi connectivity index (χ1) is 13.4. The van der Waals surface area contributed by atoms with Crippen LogP contribution in [-0.4, -0.2) is 43.4 Å². The van der Waals surface area contributed by atoms with Crippen molar-refractivity contribution in [3.63, 3.8) is 0 Å². The molecule has 150 valence electrons. The summed E-state index contributed by atoms with van der Waals surface area (Å²) >= 11 is 6.45. The van der Waals surface area contributed by atoms with Crippen molar-refractivity contribution in [1.29, 1.82) is 0 Å². The highest BCUT2D eigenvalue weighted by atomic mass is 35.5. The summed E-state index contributed by atoms with van der Waals surface area (Å²) in [5.74, 6) is 0.981. The zero-order valence-electron chi connectivity index (χ0n) is 17.0. The molecule has 2 aromatic carbocycles. The zero-order valence-corrected chi connectivity index (χ0v) is 17.7. The van der Waals surface area contributed by atoms with Gasteiger partial charge in [0, 0.05) is 23.9 Å². The number of ether oxygens (including phenoxy) is 1. The molecule has 1 saturated carbocycles. The quantitative estimate of drug-likeness (QED) is 0.736. The van der Waals surface area contributed by atoms with Gasteiger partial charge in [0.1, 0.15) is 5.75 Å². The van der Waals surface area contributed by atoms with Gasteiger partial charge in [0.15, 0.2) is 0 Å². The molecule has 0 amide bonds. The molecule has 0 heterocycles. The Labute approximate surface area is 173 Å². The summed E-state index contributed by atoms with van der Waals surface area (Å²) < 4.78 is 5.37. The molecule has 0 bridgehead atoms. The lowest BCUT2D eigenvalue weighted by atomic mass is 9.68. The number of hydrogen-bond acceptors (Lipinski definition) is 3. The Morgan fingerprint density at radius 3 is 2.71 bits per heavy atom. The maximum absolute atomic E-state index is 12.0. The predicted molar refractivity (Wildman–Crippen MR) is 117 cm³/mol. The molecule has 0 radical (unpaired) electrons. The van der Waals surface area contributed by atoms with Crippen LogP contribution in [0.2, 0.25) is 5.02 Å². The normalized spacial score (nSPS) is 23.9. The summed E-state index contributed by atoms with van der Waals surface area (Å²) in [6.07, 6.45) is 5.65. The Morgan fingerprint density at radius 1 is 1.21 bits per heavy atom. The van der Waals surface area contributed by atoms with E-state index in [1.54, 1.807) is 7.11 Å². The van der Waals surface area contributed by atoms with E-state index >= 15 is 0 Å². The smallest absolute Gasteiger partial charge is 0.119 e. The van der Waals surface area contributed by atoms with E-state index in [0.29, 0.717) is 11.4 Å². The van der Waals surface area contributed by atoms with E-state index in [9.17, 15) is 5.11 Å². The van der Waals surface area contributed by atoms with Crippen molar-refractivity contribution in [2.75, 3.05) is 27.7 Å². The molecule has 0 aromatic heterocycles. The van der Waals surface area contributed by atoms with Gasteiger partial charge in [-0.3, -0.25) is 0 Å². The van der Waals surface area contributed by atoms with E-state index in [1.165, 1.54) is 0 Å². The zero-order chi connectivity index (χ0) is 20.1. The van der Waals surface area contributed by atoms with Gasteiger partial charge in [-0.1, -0.05) is 48.0 Å². The molecule has 1 aliphatic rings. The topological polar surface area (TPSA) is 32.7 Å². The highest BCUT2D eigenvalue weighted by Gasteiger charge is 2.43. The SMILES string of the molecule is COc1cccc(C=C2CCCC(CN(C)C)C2(O)Cc2ccccc2Cl)c1. The highest BCUT2D eigenvalue weighted by molar-refractivity contribution is 6.31.